The molecule has 0 aromatic heterocycles. The standard InChI is InChI=1S/C42H59ClN4O7Si/c1-41(2,3)54-40(50)45-31-18-20-32(21-19-31)53-39(49)47-35-24-28(17-22-33(35)29-15-11-10-12-16-29)14-13-23-44-38(48)46-36-26-37(51-7)30(25-34(36)43)27-52-55(8,9)42(4,5)6/h10-12,15-17,22,24-26,31-32H,13-14,18-21,23,27H2,1-9H3,(H,45,50)(H,47,49)(H2,44,46,48). The van der Waals surface area contributed by atoms with Crippen LogP contribution < -0.4 is 26.0 Å². The third-order valence-electron chi connectivity index (χ3n) is 10.0. The van der Waals surface area contributed by atoms with E-state index in [1.54, 1.807) is 19.2 Å². The third kappa shape index (κ3) is 13.5. The minimum Gasteiger partial charge on any atom is -0.496 e. The number of anilines is 2. The molecule has 11 nitrogen and oxygen atoms in total. The Morgan fingerprint density at radius 1 is 0.855 bits per heavy atom. The summed E-state index contributed by atoms with van der Waals surface area (Å²) in [7, 11) is -0.405. The van der Waals surface area contributed by atoms with Gasteiger partial charge in [0.05, 0.1) is 30.1 Å². The second-order valence-corrected chi connectivity index (χ2v) is 21.8. The van der Waals surface area contributed by atoms with Crippen molar-refractivity contribution in [3.63, 3.8) is 0 Å². The zero-order valence-electron chi connectivity index (χ0n) is 33.8. The van der Waals surface area contributed by atoms with Crippen molar-refractivity contribution in [3.05, 3.63) is 76.8 Å². The molecule has 4 rings (SSSR count). The lowest BCUT2D eigenvalue weighted by molar-refractivity contribution is 0.0440. The monoisotopic (exact) mass is 794 g/mol. The topological polar surface area (TPSA) is 136 Å². The fraction of sp³-hybridized carbons (Fsp3) is 0.500. The van der Waals surface area contributed by atoms with Gasteiger partial charge in [-0.15, -0.1) is 0 Å². The lowest BCUT2D eigenvalue weighted by atomic mass is 9.93. The zero-order valence-corrected chi connectivity index (χ0v) is 35.6. The van der Waals surface area contributed by atoms with E-state index < -0.39 is 26.1 Å². The molecule has 55 heavy (non-hydrogen) atoms. The van der Waals surface area contributed by atoms with E-state index >= 15 is 0 Å². The van der Waals surface area contributed by atoms with Crippen LogP contribution in [0.25, 0.3) is 11.1 Å². The number of hydrogen-bond acceptors (Lipinski definition) is 7. The van der Waals surface area contributed by atoms with Gasteiger partial charge in [-0.05, 0) is 101 Å². The van der Waals surface area contributed by atoms with E-state index in [0.29, 0.717) is 73.8 Å². The minimum absolute atomic E-state index is 0.0227. The van der Waals surface area contributed by atoms with E-state index in [2.05, 4.69) is 55.1 Å². The van der Waals surface area contributed by atoms with Crippen LogP contribution in [0.2, 0.25) is 23.2 Å². The summed E-state index contributed by atoms with van der Waals surface area (Å²) in [4.78, 5) is 38.2. The molecule has 4 N–H and O–H groups in total. The maximum atomic E-state index is 13.2. The number of methoxy groups -OCH3 is 1. The third-order valence-corrected chi connectivity index (χ3v) is 14.8. The molecule has 13 heteroatoms. The highest BCUT2D eigenvalue weighted by Crippen LogP contribution is 2.39. The quantitative estimate of drug-likeness (QED) is 0.0999. The Bertz CT molecular complexity index is 1770. The molecule has 3 aromatic carbocycles. The smallest absolute Gasteiger partial charge is 0.411 e. The average molecular weight is 795 g/mol. The summed E-state index contributed by atoms with van der Waals surface area (Å²) in [6.45, 7) is 17.2. The van der Waals surface area contributed by atoms with Crippen LogP contribution >= 0.6 is 11.6 Å². The van der Waals surface area contributed by atoms with Gasteiger partial charge in [0.2, 0.25) is 0 Å². The van der Waals surface area contributed by atoms with Crippen LogP contribution in [-0.2, 0) is 26.9 Å². The lowest BCUT2D eigenvalue weighted by Crippen LogP contribution is -2.42. The van der Waals surface area contributed by atoms with E-state index in [1.165, 1.54) is 0 Å². The molecule has 1 fully saturated rings. The Hall–Kier alpha value is -4.26. The average Bonchev–Trinajstić information content (AvgIpc) is 3.10. The van der Waals surface area contributed by atoms with Crippen LogP contribution in [0.4, 0.5) is 25.8 Å². The number of halogens is 1. The Morgan fingerprint density at radius 2 is 1.55 bits per heavy atom. The minimum atomic E-state index is -1.99. The number of rotatable bonds is 13. The number of nitrogens with one attached hydrogen (secondary N) is 4. The molecule has 4 amide bonds. The summed E-state index contributed by atoms with van der Waals surface area (Å²) in [5, 5.41) is 12.1. The van der Waals surface area contributed by atoms with Crippen molar-refractivity contribution >= 4 is 49.5 Å². The fourth-order valence-corrected chi connectivity index (χ4v) is 7.12. The molecular weight excluding hydrogens is 736 g/mol. The molecule has 0 unspecified atom stereocenters. The normalized spacial score (nSPS) is 16.1. The van der Waals surface area contributed by atoms with Crippen LogP contribution in [0, 0.1) is 0 Å². The predicted octanol–water partition coefficient (Wildman–Crippen LogP) is 10.7. The number of alkyl carbamates (subject to hydrolysis) is 1. The number of ether oxygens (including phenoxy) is 3. The largest absolute Gasteiger partial charge is 0.496 e. The summed E-state index contributed by atoms with van der Waals surface area (Å²) in [5.41, 5.74) is 4.16. The van der Waals surface area contributed by atoms with Gasteiger partial charge < -0.3 is 34.6 Å². The number of carbonyl (C=O) groups is 3. The van der Waals surface area contributed by atoms with E-state index in [4.69, 9.17) is 30.2 Å². The molecule has 0 bridgehead atoms. The van der Waals surface area contributed by atoms with Gasteiger partial charge in [-0.3, -0.25) is 5.32 Å². The molecule has 1 aliphatic rings. The Labute approximate surface area is 332 Å². The van der Waals surface area contributed by atoms with Gasteiger partial charge >= 0.3 is 18.2 Å². The summed E-state index contributed by atoms with van der Waals surface area (Å²) in [6, 6.07) is 18.9. The number of hydrogen-bond donors (Lipinski definition) is 4. The first-order chi connectivity index (χ1) is 25.8. The Balaban J connectivity index is 1.30. The van der Waals surface area contributed by atoms with Crippen LogP contribution in [0.5, 0.6) is 5.75 Å². The number of aryl methyl sites for hydroxylation is 1. The zero-order chi connectivity index (χ0) is 40.4. The summed E-state index contributed by atoms with van der Waals surface area (Å²) < 4.78 is 23.2. The van der Waals surface area contributed by atoms with Crippen LogP contribution in [0.15, 0.2) is 60.7 Å². The molecule has 0 atom stereocenters. The van der Waals surface area contributed by atoms with E-state index in [-0.39, 0.29) is 23.2 Å². The molecule has 1 aliphatic carbocycles. The van der Waals surface area contributed by atoms with Gasteiger partial charge in [-0.2, -0.15) is 0 Å². The Morgan fingerprint density at radius 3 is 2.18 bits per heavy atom. The maximum absolute atomic E-state index is 13.2. The second kappa shape index (κ2) is 19.1. The van der Waals surface area contributed by atoms with E-state index in [0.717, 1.165) is 22.3 Å². The molecule has 1 saturated carbocycles. The molecule has 0 heterocycles. The predicted molar refractivity (Wildman–Crippen MR) is 223 cm³/mol. The number of carbonyl (C=O) groups excluding carboxylic acids is 3. The molecule has 0 spiro atoms. The highest BCUT2D eigenvalue weighted by molar-refractivity contribution is 6.74. The van der Waals surface area contributed by atoms with Crippen molar-refractivity contribution in [1.29, 1.82) is 0 Å². The van der Waals surface area contributed by atoms with Gasteiger partial charge in [0, 0.05) is 29.8 Å². The molecular formula is C42H59ClN4O7Si. The van der Waals surface area contributed by atoms with Gasteiger partial charge in [-0.1, -0.05) is 74.8 Å². The van der Waals surface area contributed by atoms with Gasteiger partial charge in [0.15, 0.2) is 8.32 Å². The van der Waals surface area contributed by atoms with E-state index in [1.807, 2.05) is 69.3 Å². The van der Waals surface area contributed by atoms with Crippen LogP contribution in [-0.4, -0.2) is 57.9 Å². The van der Waals surface area contributed by atoms with Crippen molar-refractivity contribution in [1.82, 2.24) is 10.6 Å². The lowest BCUT2D eigenvalue weighted by Gasteiger charge is -2.36. The molecule has 0 aliphatic heterocycles. The molecule has 0 radical (unpaired) electrons. The molecule has 3 aromatic rings. The van der Waals surface area contributed by atoms with Crippen molar-refractivity contribution < 1.29 is 33.0 Å². The number of amides is 4. The summed E-state index contributed by atoms with van der Waals surface area (Å²) in [5.74, 6) is 0.589. The first kappa shape index (κ1) is 43.5. The fourth-order valence-electron chi connectivity index (χ4n) is 5.94. The van der Waals surface area contributed by atoms with Gasteiger partial charge in [-0.25, -0.2) is 14.4 Å². The highest BCUT2D eigenvalue weighted by atomic mass is 35.5. The van der Waals surface area contributed by atoms with Crippen LogP contribution in [0.1, 0.15) is 84.8 Å². The first-order valence-electron chi connectivity index (χ1n) is 19.0. The van der Waals surface area contributed by atoms with Gasteiger partial charge in [0.1, 0.15) is 17.5 Å². The van der Waals surface area contributed by atoms with E-state index in [9.17, 15) is 14.4 Å². The maximum Gasteiger partial charge on any atom is 0.411 e. The number of benzene rings is 3. The van der Waals surface area contributed by atoms with Crippen LogP contribution in [0.3, 0.4) is 0 Å². The molecule has 300 valence electrons. The van der Waals surface area contributed by atoms with Crippen molar-refractivity contribution in [3.8, 4) is 16.9 Å². The number of urea groups is 1. The van der Waals surface area contributed by atoms with Gasteiger partial charge in [0.25, 0.3) is 0 Å². The van der Waals surface area contributed by atoms with Crippen molar-refractivity contribution in [2.24, 2.45) is 0 Å². The molecule has 0 saturated heterocycles. The summed E-state index contributed by atoms with van der Waals surface area (Å²) >= 11 is 6.59. The Kier molecular flexibility index (Phi) is 15.1. The second-order valence-electron chi connectivity index (χ2n) is 16.6. The SMILES string of the molecule is COc1cc(NC(=O)NCCCc2ccc(-c3ccccc3)c(NC(=O)OC3CCC(NC(=O)OC(C)(C)C)CC3)c2)c(Cl)cc1CO[Si](C)(C)C(C)(C)C. The first-order valence-corrected chi connectivity index (χ1v) is 22.3. The summed E-state index contributed by atoms with van der Waals surface area (Å²) in [6.07, 6.45) is 2.75. The van der Waals surface area contributed by atoms with Crippen molar-refractivity contribution in [2.75, 3.05) is 24.3 Å². The van der Waals surface area contributed by atoms with Crippen molar-refractivity contribution in [2.45, 2.75) is 123 Å². The highest BCUT2D eigenvalue weighted by Gasteiger charge is 2.37.